The number of pyridine rings is 1. The molecule has 0 atom stereocenters. The van der Waals surface area contributed by atoms with Gasteiger partial charge in [-0.15, -0.1) is 0 Å². The molecule has 0 unspecified atom stereocenters. The first-order valence-electron chi connectivity index (χ1n) is 11.0. The molecule has 0 saturated carbocycles. The summed E-state index contributed by atoms with van der Waals surface area (Å²) in [7, 11) is 0. The molecule has 0 bridgehead atoms. The number of carbonyl (C=O) groups excluding carboxylic acids is 2. The molecule has 0 radical (unpaired) electrons. The van der Waals surface area contributed by atoms with Crippen LogP contribution in [0.4, 0.5) is 5.69 Å². The highest BCUT2D eigenvalue weighted by atomic mass is 16.5. The summed E-state index contributed by atoms with van der Waals surface area (Å²) in [5, 5.41) is 2.77. The number of para-hydroxylation sites is 1. The summed E-state index contributed by atoms with van der Waals surface area (Å²) in [4.78, 5) is 32.7. The van der Waals surface area contributed by atoms with Crippen LogP contribution in [0, 0.1) is 5.92 Å². The van der Waals surface area contributed by atoms with Crippen molar-refractivity contribution in [3.8, 4) is 0 Å². The molecule has 2 amide bonds. The van der Waals surface area contributed by atoms with E-state index in [1.807, 2.05) is 17.0 Å². The molecule has 1 fully saturated rings. The Morgan fingerprint density at radius 3 is 2.71 bits per heavy atom. The number of hydrogen-bond donors (Lipinski definition) is 1. The van der Waals surface area contributed by atoms with Gasteiger partial charge in [0.25, 0.3) is 0 Å². The lowest BCUT2D eigenvalue weighted by Gasteiger charge is -2.34. The van der Waals surface area contributed by atoms with E-state index in [-0.39, 0.29) is 25.0 Å². The highest BCUT2D eigenvalue weighted by molar-refractivity contribution is 5.79. The minimum Gasteiger partial charge on any atom is -0.371 e. The first-order chi connectivity index (χ1) is 15.2. The predicted molar refractivity (Wildman–Crippen MR) is 119 cm³/mol. The van der Waals surface area contributed by atoms with Crippen LogP contribution in [0.3, 0.4) is 0 Å². The van der Waals surface area contributed by atoms with Gasteiger partial charge >= 0.3 is 0 Å². The molecule has 3 heterocycles. The minimum atomic E-state index is -0.235. The van der Waals surface area contributed by atoms with Gasteiger partial charge in [0, 0.05) is 50.8 Å². The average Bonchev–Trinajstić information content (AvgIpc) is 3.21. The molecule has 31 heavy (non-hydrogen) atoms. The van der Waals surface area contributed by atoms with Crippen molar-refractivity contribution in [3.63, 3.8) is 0 Å². The third-order valence-electron chi connectivity index (χ3n) is 6.10. The molecule has 7 heteroatoms. The van der Waals surface area contributed by atoms with E-state index in [1.54, 1.807) is 12.4 Å². The summed E-state index contributed by atoms with van der Waals surface area (Å²) >= 11 is 0. The Labute approximate surface area is 183 Å². The van der Waals surface area contributed by atoms with Gasteiger partial charge in [-0.25, -0.2) is 0 Å². The summed E-state index contributed by atoms with van der Waals surface area (Å²) in [6, 6.07) is 12.4. The molecule has 0 spiro atoms. The third kappa shape index (κ3) is 5.82. The molecule has 1 aromatic carbocycles. The second kappa shape index (κ2) is 10.4. The standard InChI is InChI=1S/C24H30N4O3/c29-23(26-15-20-4-3-10-25-14-20)17-31-18-24(30)27-11-7-19(8-12-27)16-28-13-9-21-5-1-2-6-22(21)28/h1-6,10,14,19H,7-9,11-13,15-18H2,(H,26,29). The molecule has 0 aliphatic carbocycles. The third-order valence-corrected chi connectivity index (χ3v) is 6.10. The van der Waals surface area contributed by atoms with Crippen molar-refractivity contribution < 1.29 is 14.3 Å². The zero-order valence-corrected chi connectivity index (χ0v) is 17.8. The second-order valence-electron chi connectivity index (χ2n) is 8.28. The summed E-state index contributed by atoms with van der Waals surface area (Å²) < 4.78 is 5.35. The normalized spacial score (nSPS) is 16.3. The number of carbonyl (C=O) groups is 2. The number of likely N-dealkylation sites (tertiary alicyclic amines) is 1. The van der Waals surface area contributed by atoms with Crippen LogP contribution >= 0.6 is 0 Å². The quantitative estimate of drug-likeness (QED) is 0.705. The molecule has 2 aromatic rings. The van der Waals surface area contributed by atoms with Crippen LogP contribution < -0.4 is 10.2 Å². The van der Waals surface area contributed by atoms with Gasteiger partial charge in [0.1, 0.15) is 13.2 Å². The van der Waals surface area contributed by atoms with E-state index in [0.29, 0.717) is 12.5 Å². The van der Waals surface area contributed by atoms with E-state index >= 15 is 0 Å². The van der Waals surface area contributed by atoms with Crippen molar-refractivity contribution >= 4 is 17.5 Å². The van der Waals surface area contributed by atoms with Gasteiger partial charge in [0.2, 0.25) is 11.8 Å². The van der Waals surface area contributed by atoms with Crippen molar-refractivity contribution in [3.05, 3.63) is 59.9 Å². The highest BCUT2D eigenvalue weighted by Crippen LogP contribution is 2.30. The lowest BCUT2D eigenvalue weighted by atomic mass is 9.96. The number of ether oxygens (including phenoxy) is 1. The molecular formula is C24H30N4O3. The number of benzene rings is 1. The zero-order valence-electron chi connectivity index (χ0n) is 17.8. The van der Waals surface area contributed by atoms with E-state index in [9.17, 15) is 9.59 Å². The molecule has 2 aliphatic heterocycles. The van der Waals surface area contributed by atoms with E-state index < -0.39 is 0 Å². The summed E-state index contributed by atoms with van der Waals surface area (Å²) in [6.07, 6.45) is 6.54. The van der Waals surface area contributed by atoms with E-state index in [2.05, 4.69) is 39.5 Å². The first-order valence-corrected chi connectivity index (χ1v) is 11.0. The molecule has 4 rings (SSSR count). The monoisotopic (exact) mass is 422 g/mol. The van der Waals surface area contributed by atoms with Gasteiger partial charge in [0.05, 0.1) is 0 Å². The Hall–Kier alpha value is -2.93. The molecule has 164 valence electrons. The highest BCUT2D eigenvalue weighted by Gasteiger charge is 2.26. The van der Waals surface area contributed by atoms with Crippen LogP contribution in [0.1, 0.15) is 24.0 Å². The second-order valence-corrected chi connectivity index (χ2v) is 8.28. The predicted octanol–water partition coefficient (Wildman–Crippen LogP) is 2.02. The Bertz CT molecular complexity index is 881. The molecule has 1 saturated heterocycles. The van der Waals surface area contributed by atoms with E-state index in [0.717, 1.165) is 51.0 Å². The maximum Gasteiger partial charge on any atom is 0.248 e. The maximum atomic E-state index is 12.4. The van der Waals surface area contributed by atoms with Crippen LogP contribution in [-0.4, -0.2) is 61.1 Å². The molecule has 1 N–H and O–H groups in total. The number of rotatable bonds is 8. The fourth-order valence-electron chi connectivity index (χ4n) is 4.35. The average molecular weight is 423 g/mol. The van der Waals surface area contributed by atoms with Crippen LogP contribution in [0.25, 0.3) is 0 Å². The van der Waals surface area contributed by atoms with Crippen molar-refractivity contribution in [2.24, 2.45) is 5.92 Å². The van der Waals surface area contributed by atoms with Gasteiger partial charge in [-0.3, -0.25) is 14.6 Å². The summed E-state index contributed by atoms with van der Waals surface area (Å²) in [6.45, 7) is 3.91. The Balaban J connectivity index is 1.12. The fraction of sp³-hybridized carbons (Fsp3) is 0.458. The fourth-order valence-corrected chi connectivity index (χ4v) is 4.35. The Morgan fingerprint density at radius 2 is 1.90 bits per heavy atom. The minimum absolute atomic E-state index is 0.0370. The van der Waals surface area contributed by atoms with Crippen molar-refractivity contribution in [1.29, 1.82) is 0 Å². The van der Waals surface area contributed by atoms with Crippen LogP contribution in [-0.2, 0) is 27.3 Å². The van der Waals surface area contributed by atoms with Crippen LogP contribution in [0.15, 0.2) is 48.8 Å². The van der Waals surface area contributed by atoms with Gasteiger partial charge in [-0.2, -0.15) is 0 Å². The zero-order chi connectivity index (χ0) is 21.5. The lowest BCUT2D eigenvalue weighted by Crippen LogP contribution is -2.43. The summed E-state index contributed by atoms with van der Waals surface area (Å²) in [5.74, 6) is 0.334. The van der Waals surface area contributed by atoms with E-state index in [4.69, 9.17) is 4.74 Å². The van der Waals surface area contributed by atoms with Crippen LogP contribution in [0.5, 0.6) is 0 Å². The largest absolute Gasteiger partial charge is 0.371 e. The molecule has 7 nitrogen and oxygen atoms in total. The maximum absolute atomic E-state index is 12.4. The number of nitrogens with one attached hydrogen (secondary N) is 1. The van der Waals surface area contributed by atoms with Gasteiger partial charge in [-0.1, -0.05) is 24.3 Å². The SMILES string of the molecule is O=C(COCC(=O)N1CCC(CN2CCc3ccccc32)CC1)NCc1cccnc1. The molecular weight excluding hydrogens is 392 g/mol. The van der Waals surface area contributed by atoms with Crippen molar-refractivity contribution in [2.75, 3.05) is 44.3 Å². The smallest absolute Gasteiger partial charge is 0.248 e. The number of piperidine rings is 1. The first kappa shape index (κ1) is 21.3. The Kier molecular flexibility index (Phi) is 7.14. The summed E-state index contributed by atoms with van der Waals surface area (Å²) in [5.41, 5.74) is 3.74. The van der Waals surface area contributed by atoms with Crippen LogP contribution in [0.2, 0.25) is 0 Å². The van der Waals surface area contributed by atoms with E-state index in [1.165, 1.54) is 11.3 Å². The van der Waals surface area contributed by atoms with Gasteiger partial charge < -0.3 is 19.9 Å². The Morgan fingerprint density at radius 1 is 1.06 bits per heavy atom. The number of anilines is 1. The van der Waals surface area contributed by atoms with Crippen molar-refractivity contribution in [1.82, 2.24) is 15.2 Å². The molecule has 2 aliphatic rings. The van der Waals surface area contributed by atoms with Crippen molar-refractivity contribution in [2.45, 2.75) is 25.8 Å². The number of fused-ring (bicyclic) bond motifs is 1. The number of nitrogens with zero attached hydrogens (tertiary/aromatic N) is 3. The topological polar surface area (TPSA) is 74.8 Å². The lowest BCUT2D eigenvalue weighted by molar-refractivity contribution is -0.139. The van der Waals surface area contributed by atoms with Gasteiger partial charge in [0.15, 0.2) is 0 Å². The number of hydrogen-bond acceptors (Lipinski definition) is 5. The number of amides is 2. The number of aromatic nitrogens is 1. The molecule has 1 aromatic heterocycles. The van der Waals surface area contributed by atoms with Gasteiger partial charge in [-0.05, 0) is 48.4 Å².